The first kappa shape index (κ1) is 20.0. The van der Waals surface area contributed by atoms with E-state index >= 15 is 0 Å². The lowest BCUT2D eigenvalue weighted by molar-refractivity contribution is -0.149. The molecule has 0 aliphatic heterocycles. The minimum absolute atomic E-state index is 0.117. The van der Waals surface area contributed by atoms with Gasteiger partial charge in [-0.25, -0.2) is 9.78 Å². The third kappa shape index (κ3) is 4.94. The third-order valence-electron chi connectivity index (χ3n) is 3.94. The van der Waals surface area contributed by atoms with Crippen LogP contribution in [0.4, 0.5) is 0 Å². The smallest absolute Gasteiger partial charge is 0.329 e. The molecule has 0 spiro atoms. The molecule has 0 radical (unpaired) electrons. The van der Waals surface area contributed by atoms with Gasteiger partial charge in [0.15, 0.2) is 0 Å². The van der Waals surface area contributed by atoms with Crippen LogP contribution < -0.4 is 5.32 Å². The maximum Gasteiger partial charge on any atom is 0.329 e. The number of phenols is 1. The van der Waals surface area contributed by atoms with Gasteiger partial charge in [-0.2, -0.15) is 0 Å². The summed E-state index contributed by atoms with van der Waals surface area (Å²) in [7, 11) is 0. The van der Waals surface area contributed by atoms with E-state index in [2.05, 4.69) is 15.3 Å². The Labute approximate surface area is 170 Å². The van der Waals surface area contributed by atoms with Gasteiger partial charge in [0.05, 0.1) is 10.5 Å². The molecule has 1 heterocycles. The number of carbonyl (C=O) groups is 2. The zero-order chi connectivity index (χ0) is 20.3. The molecular weight excluding hydrogens is 405 g/mol. The fourth-order valence-corrected chi connectivity index (χ4v) is 3.24. The summed E-state index contributed by atoms with van der Waals surface area (Å²) >= 11 is 12.1. The minimum atomic E-state index is -0.871. The molecule has 0 saturated carbocycles. The molecule has 146 valence electrons. The summed E-state index contributed by atoms with van der Waals surface area (Å²) in [5.41, 5.74) is 1.92. The zero-order valence-corrected chi connectivity index (χ0v) is 16.3. The normalized spacial score (nSPS) is 12.0. The van der Waals surface area contributed by atoms with E-state index in [0.29, 0.717) is 26.9 Å². The number of carbonyl (C=O) groups excluding carboxylic acids is 2. The summed E-state index contributed by atoms with van der Waals surface area (Å²) in [4.78, 5) is 31.2. The Bertz CT molecular complexity index is 1020. The summed E-state index contributed by atoms with van der Waals surface area (Å²) in [5.74, 6) is -0.441. The van der Waals surface area contributed by atoms with Gasteiger partial charge in [-0.15, -0.1) is 0 Å². The van der Waals surface area contributed by atoms with Gasteiger partial charge in [0.1, 0.15) is 29.7 Å². The highest BCUT2D eigenvalue weighted by molar-refractivity contribution is 6.38. The number of hydrogen-bond acceptors (Lipinski definition) is 5. The van der Waals surface area contributed by atoms with Gasteiger partial charge in [-0.3, -0.25) is 4.79 Å². The Morgan fingerprint density at radius 3 is 2.64 bits per heavy atom. The number of halogens is 2. The predicted octanol–water partition coefficient (Wildman–Crippen LogP) is 3.37. The highest BCUT2D eigenvalue weighted by atomic mass is 35.5. The summed E-state index contributed by atoms with van der Waals surface area (Å²) in [6.07, 6.45) is 0.222. The molecule has 1 aromatic heterocycles. The number of H-pyrrole nitrogens is 1. The van der Waals surface area contributed by atoms with E-state index in [4.69, 9.17) is 27.9 Å². The van der Waals surface area contributed by atoms with Gasteiger partial charge in [0.25, 0.3) is 0 Å². The number of nitrogens with zero attached hydrogens (tertiary/aromatic N) is 1. The molecule has 3 N–H and O–H groups in total. The summed E-state index contributed by atoms with van der Waals surface area (Å²) in [6, 6.07) is 8.73. The van der Waals surface area contributed by atoms with Crippen LogP contribution >= 0.6 is 23.2 Å². The average Bonchev–Trinajstić information content (AvgIpc) is 3.04. The average molecular weight is 422 g/mol. The van der Waals surface area contributed by atoms with E-state index < -0.39 is 12.0 Å². The van der Waals surface area contributed by atoms with E-state index in [-0.39, 0.29) is 24.7 Å². The van der Waals surface area contributed by atoms with Gasteiger partial charge in [0.2, 0.25) is 5.91 Å². The van der Waals surface area contributed by atoms with Crippen molar-refractivity contribution in [3.8, 4) is 5.75 Å². The number of aromatic amines is 1. The minimum Gasteiger partial charge on any atom is -0.508 e. The quantitative estimate of drug-likeness (QED) is 0.529. The topological polar surface area (TPSA) is 104 Å². The first-order chi connectivity index (χ1) is 13.3. The lowest BCUT2D eigenvalue weighted by Crippen LogP contribution is -2.42. The maximum absolute atomic E-state index is 12.5. The van der Waals surface area contributed by atoms with Gasteiger partial charge in [-0.05, 0) is 29.8 Å². The van der Waals surface area contributed by atoms with Crippen molar-refractivity contribution in [2.45, 2.75) is 26.0 Å². The second-order valence-corrected chi connectivity index (χ2v) is 7.04. The summed E-state index contributed by atoms with van der Waals surface area (Å²) in [5, 5.41) is 12.8. The number of fused-ring (bicyclic) bond motifs is 1. The van der Waals surface area contributed by atoms with E-state index in [1.807, 2.05) is 0 Å². The summed E-state index contributed by atoms with van der Waals surface area (Å²) in [6.45, 7) is 1.20. The molecule has 3 aromatic rings. The molecular formula is C19H17Cl2N3O4. The van der Waals surface area contributed by atoms with Crippen LogP contribution in [0.2, 0.25) is 10.0 Å². The molecule has 0 aliphatic rings. The zero-order valence-electron chi connectivity index (χ0n) is 14.8. The molecule has 0 saturated heterocycles. The van der Waals surface area contributed by atoms with Crippen molar-refractivity contribution in [3.05, 3.63) is 57.8 Å². The van der Waals surface area contributed by atoms with Crippen LogP contribution in [0.1, 0.15) is 18.3 Å². The van der Waals surface area contributed by atoms with Crippen LogP contribution in [0, 0.1) is 0 Å². The predicted molar refractivity (Wildman–Crippen MR) is 105 cm³/mol. The number of phenolic OH excluding ortho intramolecular Hbond substituents is 1. The SMILES string of the molecule is CC(=O)N[C@@H](Cc1ccc(O)cc1)C(=O)OCc1nc2c(Cl)cc(Cl)cc2[nH]1. The third-order valence-corrected chi connectivity index (χ3v) is 4.45. The van der Waals surface area contributed by atoms with Crippen LogP contribution in [-0.2, 0) is 27.4 Å². The Morgan fingerprint density at radius 2 is 1.96 bits per heavy atom. The number of nitrogens with one attached hydrogen (secondary N) is 2. The molecule has 1 atom stereocenters. The fraction of sp³-hybridized carbons (Fsp3) is 0.211. The molecule has 0 aliphatic carbocycles. The Morgan fingerprint density at radius 1 is 1.25 bits per heavy atom. The molecule has 1 amide bonds. The summed E-state index contributed by atoms with van der Waals surface area (Å²) < 4.78 is 5.31. The van der Waals surface area contributed by atoms with Gasteiger partial charge >= 0.3 is 5.97 Å². The lowest BCUT2D eigenvalue weighted by Gasteiger charge is -2.16. The van der Waals surface area contributed by atoms with E-state index in [0.717, 1.165) is 5.56 Å². The van der Waals surface area contributed by atoms with Crippen LogP contribution in [0.3, 0.4) is 0 Å². The second-order valence-electron chi connectivity index (χ2n) is 6.20. The molecule has 28 heavy (non-hydrogen) atoms. The van der Waals surface area contributed by atoms with Crippen molar-refractivity contribution in [1.82, 2.24) is 15.3 Å². The molecule has 3 rings (SSSR count). The molecule has 7 nitrogen and oxygen atoms in total. The maximum atomic E-state index is 12.5. The second kappa shape index (κ2) is 8.50. The van der Waals surface area contributed by atoms with Gasteiger partial charge in [-0.1, -0.05) is 35.3 Å². The Kier molecular flexibility index (Phi) is 6.06. The van der Waals surface area contributed by atoms with Crippen LogP contribution in [0.25, 0.3) is 11.0 Å². The van der Waals surface area contributed by atoms with E-state index in [9.17, 15) is 14.7 Å². The number of aromatic nitrogens is 2. The number of benzene rings is 2. The number of esters is 1. The molecule has 0 bridgehead atoms. The monoisotopic (exact) mass is 421 g/mol. The van der Waals surface area contributed by atoms with Crippen molar-refractivity contribution in [2.75, 3.05) is 0 Å². The van der Waals surface area contributed by atoms with Crippen molar-refractivity contribution < 1.29 is 19.4 Å². The van der Waals surface area contributed by atoms with E-state index in [1.165, 1.54) is 19.1 Å². The van der Waals surface area contributed by atoms with Gasteiger partial charge < -0.3 is 20.1 Å². The number of ether oxygens (including phenoxy) is 1. The lowest BCUT2D eigenvalue weighted by atomic mass is 10.1. The first-order valence-corrected chi connectivity index (χ1v) is 9.12. The van der Waals surface area contributed by atoms with Crippen molar-refractivity contribution >= 4 is 46.1 Å². The highest BCUT2D eigenvalue weighted by Crippen LogP contribution is 2.26. The number of amides is 1. The molecule has 0 unspecified atom stereocenters. The van der Waals surface area contributed by atoms with Crippen molar-refractivity contribution in [2.24, 2.45) is 0 Å². The van der Waals surface area contributed by atoms with Crippen molar-refractivity contribution in [1.29, 1.82) is 0 Å². The first-order valence-electron chi connectivity index (χ1n) is 8.37. The number of hydrogen-bond donors (Lipinski definition) is 3. The Balaban J connectivity index is 1.70. The fourth-order valence-electron chi connectivity index (χ4n) is 2.71. The Hall–Kier alpha value is -2.77. The van der Waals surface area contributed by atoms with Crippen LogP contribution in [0.15, 0.2) is 36.4 Å². The number of rotatable bonds is 6. The highest BCUT2D eigenvalue weighted by Gasteiger charge is 2.22. The number of imidazole rings is 1. The largest absolute Gasteiger partial charge is 0.508 e. The van der Waals surface area contributed by atoms with Gasteiger partial charge in [0, 0.05) is 18.4 Å². The molecule has 2 aromatic carbocycles. The van der Waals surface area contributed by atoms with Crippen LogP contribution in [0.5, 0.6) is 5.75 Å². The van der Waals surface area contributed by atoms with E-state index in [1.54, 1.807) is 24.3 Å². The standard InChI is InChI=1S/C19H17Cl2N3O4/c1-10(25)22-16(6-11-2-4-13(26)5-3-11)19(27)28-9-17-23-15-8-12(20)7-14(21)18(15)24-17/h2-5,7-8,16,26H,6,9H2,1H3,(H,22,25)(H,23,24)/t16-/m0/s1. The number of aromatic hydroxyl groups is 1. The molecule has 9 heteroatoms. The van der Waals surface area contributed by atoms with Crippen LogP contribution in [-0.4, -0.2) is 33.0 Å². The van der Waals surface area contributed by atoms with Crippen molar-refractivity contribution in [3.63, 3.8) is 0 Å². The molecule has 0 fully saturated rings.